The van der Waals surface area contributed by atoms with E-state index in [9.17, 15) is 0 Å². The lowest BCUT2D eigenvalue weighted by molar-refractivity contribution is 1.01. The lowest BCUT2D eigenvalue weighted by Gasteiger charge is -2.08. The third-order valence-corrected chi connectivity index (χ3v) is 22.2. The van der Waals surface area contributed by atoms with Gasteiger partial charge in [0.2, 0.25) is 0 Å². The molecule has 5 nitrogen and oxygen atoms in total. The Morgan fingerprint density at radius 2 is 0.455 bits per heavy atom. The molecule has 0 radical (unpaired) electrons. The highest BCUT2D eigenvalue weighted by Crippen LogP contribution is 2.41. The molecule has 22 aromatic rings. The molecule has 22 rings (SSSR count). The van der Waals surface area contributed by atoms with E-state index in [1.165, 1.54) is 187 Å². The van der Waals surface area contributed by atoms with Crippen LogP contribution in [0.25, 0.3) is 176 Å². The average molecular weight is 1440 g/mol. The number of aromatic nitrogens is 5. The maximum atomic E-state index is 2.37. The van der Waals surface area contributed by atoms with Crippen molar-refractivity contribution in [2.45, 2.75) is 13.8 Å². The molecule has 0 atom stereocenters. The summed E-state index contributed by atoms with van der Waals surface area (Å²) in [6.07, 6.45) is 0. The molecule has 112 heavy (non-hydrogen) atoms. The van der Waals surface area contributed by atoms with E-state index in [2.05, 4.69) is 470 Å². The van der Waals surface area contributed by atoms with Crippen LogP contribution in [0.1, 0.15) is 11.1 Å². The minimum Gasteiger partial charge on any atom is -0.344 e. The fourth-order valence-corrected chi connectivity index (χ4v) is 16.6. The van der Waals surface area contributed by atoms with Gasteiger partial charge in [0.1, 0.15) is 0 Å². The van der Waals surface area contributed by atoms with Crippen molar-refractivity contribution in [3.05, 3.63) is 424 Å². The number of rotatable bonds is 7. The molecule has 0 spiro atoms. The van der Waals surface area contributed by atoms with Crippen LogP contribution < -0.4 is 0 Å². The molecule has 0 saturated carbocycles. The van der Waals surface area contributed by atoms with Gasteiger partial charge in [-0.2, -0.15) is 0 Å². The molecule has 5 heterocycles. The van der Waals surface area contributed by atoms with Gasteiger partial charge in [-0.05, 0) is 184 Å². The quantitative estimate of drug-likeness (QED) is 0.152. The summed E-state index contributed by atoms with van der Waals surface area (Å²) in [6, 6.07) is 147. The Kier molecular flexibility index (Phi) is 18.9. The molecule has 0 aliphatic heterocycles. The zero-order valence-corrected chi connectivity index (χ0v) is 63.5. The van der Waals surface area contributed by atoms with Gasteiger partial charge in [0, 0.05) is 119 Å². The van der Waals surface area contributed by atoms with Crippen molar-refractivity contribution in [1.82, 2.24) is 22.8 Å². The second-order valence-electron chi connectivity index (χ2n) is 29.1. The Balaban J connectivity index is 0.0000000983. The molecule has 0 N–H and O–H groups in total. The van der Waals surface area contributed by atoms with Gasteiger partial charge in [-0.3, -0.25) is 0 Å². The zero-order valence-electron chi connectivity index (χ0n) is 63.5. The maximum absolute atomic E-state index is 2.37. The predicted molar refractivity (Wildman–Crippen MR) is 479 cm³/mol. The number of fused-ring (bicyclic) bond motifs is 15. The van der Waals surface area contributed by atoms with Crippen LogP contribution in [0.5, 0.6) is 0 Å². The predicted octanol–water partition coefficient (Wildman–Crippen LogP) is 28.5. The average Bonchev–Trinajstić information content (AvgIpc) is 1.56. The number of hydrogen-bond acceptors (Lipinski definition) is 0. The number of para-hydroxylation sites is 5. The van der Waals surface area contributed by atoms with Gasteiger partial charge >= 0.3 is 0 Å². The minimum absolute atomic E-state index is 1.20. The summed E-state index contributed by atoms with van der Waals surface area (Å²) in [4.78, 5) is 0. The second kappa shape index (κ2) is 30.4. The normalized spacial score (nSPS) is 11.3. The van der Waals surface area contributed by atoms with Gasteiger partial charge < -0.3 is 22.8 Å². The fraction of sp³-hybridized carbons (Fsp3) is 0.0467. The van der Waals surface area contributed by atoms with Crippen LogP contribution >= 0.6 is 0 Å². The molecule has 5 heteroatoms. The van der Waals surface area contributed by atoms with Crippen LogP contribution in [0.4, 0.5) is 0 Å². The van der Waals surface area contributed by atoms with Crippen LogP contribution in [0.2, 0.25) is 0 Å². The summed E-state index contributed by atoms with van der Waals surface area (Å²) in [7, 11) is 6.41. The van der Waals surface area contributed by atoms with Crippen molar-refractivity contribution in [2.75, 3.05) is 0 Å². The van der Waals surface area contributed by atoms with E-state index >= 15 is 0 Å². The number of benzene rings is 17. The first kappa shape index (κ1) is 69.5. The molecule has 0 bridgehead atoms. The molecule has 0 aliphatic carbocycles. The van der Waals surface area contributed by atoms with Crippen molar-refractivity contribution in [3.63, 3.8) is 0 Å². The summed E-state index contributed by atoms with van der Waals surface area (Å²) in [6.45, 7) is 4.31. The first-order valence-electron chi connectivity index (χ1n) is 38.6. The molecule has 0 saturated heterocycles. The van der Waals surface area contributed by atoms with Crippen LogP contribution in [0.3, 0.4) is 0 Å². The highest BCUT2D eigenvalue weighted by Gasteiger charge is 2.18. The topological polar surface area (TPSA) is 24.6 Å². The first-order valence-corrected chi connectivity index (χ1v) is 38.6. The smallest absolute Gasteiger partial charge is 0.0543 e. The van der Waals surface area contributed by atoms with E-state index in [0.29, 0.717) is 0 Å². The van der Waals surface area contributed by atoms with Crippen LogP contribution in [-0.2, 0) is 21.1 Å². The Hall–Kier alpha value is -14.3. The van der Waals surface area contributed by atoms with Gasteiger partial charge in [-0.25, -0.2) is 0 Å². The van der Waals surface area contributed by atoms with Gasteiger partial charge in [-0.15, -0.1) is 0 Å². The van der Waals surface area contributed by atoms with E-state index < -0.39 is 0 Å². The monoisotopic (exact) mass is 1440 g/mol. The lowest BCUT2D eigenvalue weighted by atomic mass is 10.00. The molecule has 0 aliphatic rings. The standard InChI is InChI=1S/2C25H19N.3C19H15N/c1-18-12-14-24-22(16-18)23-17-20(19-8-4-2-5-9-19)13-15-25(23)26(24)21-10-6-3-7-11-21;1-18-12-14-22-23-17-20(19-8-4-2-5-9-19)13-15-24(23)26(25(22)16-18)21-10-6-3-7-11-21;1-20-17-12-6-5-10-16(17)19-15(11-7-13-18(19)20)14-8-3-2-4-9-14;1-20-18-10-6-5-9-16(18)17-13-15(11-12-19(17)20)14-7-3-2-4-8-14;1-20-18-10-6-5-9-16(18)17-12-11-15(13-19(17)20)14-7-3-2-4-8-14/h2*2-17H,1H3;3*2-13H,1H3. The highest BCUT2D eigenvalue weighted by atomic mass is 15.0. The Bertz CT molecular complexity index is 7110. The second-order valence-corrected chi connectivity index (χ2v) is 29.1. The van der Waals surface area contributed by atoms with E-state index in [4.69, 9.17) is 0 Å². The van der Waals surface area contributed by atoms with Crippen LogP contribution in [0, 0.1) is 13.8 Å². The number of nitrogens with zero attached hydrogens (tertiary/aromatic N) is 5. The molecule has 0 amide bonds. The first-order chi connectivity index (χ1) is 55.2. The van der Waals surface area contributed by atoms with E-state index in [-0.39, 0.29) is 0 Å². The zero-order chi connectivity index (χ0) is 75.6. The van der Waals surface area contributed by atoms with Gasteiger partial charge in [0.05, 0.1) is 22.1 Å². The van der Waals surface area contributed by atoms with Crippen molar-refractivity contribution in [2.24, 2.45) is 21.1 Å². The van der Waals surface area contributed by atoms with E-state index in [1.807, 2.05) is 0 Å². The lowest BCUT2D eigenvalue weighted by Crippen LogP contribution is -1.93. The van der Waals surface area contributed by atoms with Gasteiger partial charge in [0.25, 0.3) is 0 Å². The Labute approximate surface area is 653 Å². The van der Waals surface area contributed by atoms with Crippen molar-refractivity contribution in [3.8, 4) is 67.0 Å². The molecular weight excluding hydrogens is 1360 g/mol. The van der Waals surface area contributed by atoms with Crippen molar-refractivity contribution < 1.29 is 0 Å². The molecule has 17 aromatic carbocycles. The maximum Gasteiger partial charge on any atom is 0.0543 e. The third-order valence-electron chi connectivity index (χ3n) is 22.2. The third kappa shape index (κ3) is 13.2. The summed E-state index contributed by atoms with van der Waals surface area (Å²) in [5.74, 6) is 0. The summed E-state index contributed by atoms with van der Waals surface area (Å²) in [5.41, 5.74) is 30.3. The summed E-state index contributed by atoms with van der Waals surface area (Å²) in [5, 5.41) is 13.2. The molecule has 536 valence electrons. The SMILES string of the molecule is Cc1ccc2c(c1)c1cc(-c3ccccc3)ccc1n2-c1ccccc1.Cc1ccc2c3cc(-c4ccccc4)ccc3n(-c3ccccc3)c2c1.Cn1c2ccccc2c2c(-c3ccccc3)cccc21.Cn1c2ccccc2c2cc(-c3ccccc3)ccc21.Cn1c2ccccc2c2ccc(-c3ccccc3)cc21. The highest BCUT2D eigenvalue weighted by molar-refractivity contribution is 6.16. The number of aryl methyl sites for hydroxylation is 5. The van der Waals surface area contributed by atoms with Crippen LogP contribution in [0.15, 0.2) is 413 Å². The van der Waals surface area contributed by atoms with Gasteiger partial charge in [-0.1, -0.05) is 309 Å². The van der Waals surface area contributed by atoms with E-state index in [1.54, 1.807) is 0 Å². The molecule has 5 aromatic heterocycles. The van der Waals surface area contributed by atoms with Crippen molar-refractivity contribution >= 4 is 109 Å². The van der Waals surface area contributed by atoms with E-state index in [0.717, 1.165) is 0 Å². The molecule has 0 unspecified atom stereocenters. The molecule has 0 fully saturated rings. The summed E-state index contributed by atoms with van der Waals surface area (Å²) < 4.78 is 11.5. The summed E-state index contributed by atoms with van der Waals surface area (Å²) >= 11 is 0. The van der Waals surface area contributed by atoms with Crippen molar-refractivity contribution in [1.29, 1.82) is 0 Å². The minimum atomic E-state index is 1.20. The molecular formula is C107H83N5. The Morgan fingerprint density at radius 3 is 0.964 bits per heavy atom. The van der Waals surface area contributed by atoms with Gasteiger partial charge in [0.15, 0.2) is 0 Å². The fourth-order valence-electron chi connectivity index (χ4n) is 16.6. The Morgan fingerprint density at radius 1 is 0.161 bits per heavy atom. The van der Waals surface area contributed by atoms with Crippen LogP contribution in [-0.4, -0.2) is 22.8 Å². The number of hydrogen-bond donors (Lipinski definition) is 0. The largest absolute Gasteiger partial charge is 0.344 e.